The van der Waals surface area contributed by atoms with Crippen molar-refractivity contribution in [1.82, 2.24) is 9.88 Å². The van der Waals surface area contributed by atoms with Gasteiger partial charge in [-0.05, 0) is 50.5 Å². The van der Waals surface area contributed by atoms with Gasteiger partial charge >= 0.3 is 0 Å². The second-order valence-corrected chi connectivity index (χ2v) is 6.22. The van der Waals surface area contributed by atoms with E-state index in [2.05, 4.69) is 4.98 Å². The van der Waals surface area contributed by atoms with Crippen LogP contribution in [-0.2, 0) is 16.1 Å². The zero-order chi connectivity index (χ0) is 15.7. The Morgan fingerprint density at radius 3 is 2.95 bits per heavy atom. The van der Waals surface area contributed by atoms with E-state index in [0.29, 0.717) is 13.2 Å². The minimum Gasteiger partial charge on any atom is -0.365 e. The number of aromatic amines is 1. The average molecular weight is 304 g/mol. The Morgan fingerprint density at radius 2 is 2.23 bits per heavy atom. The van der Waals surface area contributed by atoms with Crippen molar-refractivity contribution < 1.29 is 13.9 Å². The van der Waals surface area contributed by atoms with E-state index < -0.39 is 5.60 Å². The van der Waals surface area contributed by atoms with E-state index in [1.165, 1.54) is 12.1 Å². The van der Waals surface area contributed by atoms with E-state index in [-0.39, 0.29) is 11.7 Å². The van der Waals surface area contributed by atoms with Crippen LogP contribution in [0.1, 0.15) is 31.9 Å². The molecule has 3 rings (SSSR count). The lowest BCUT2D eigenvalue weighted by Gasteiger charge is -2.35. The summed E-state index contributed by atoms with van der Waals surface area (Å²) in [6.45, 7) is 2.96. The number of ether oxygens (including phenoxy) is 1. The predicted molar refractivity (Wildman–Crippen MR) is 82.9 cm³/mol. The first-order valence-electron chi connectivity index (χ1n) is 7.65. The van der Waals surface area contributed by atoms with Gasteiger partial charge in [-0.15, -0.1) is 0 Å². The molecule has 0 bridgehead atoms. The number of nitrogens with one attached hydrogen (secondary N) is 1. The Kier molecular flexibility index (Phi) is 3.91. The molecular formula is C17H21FN2O2. The fraction of sp³-hybridized carbons (Fsp3) is 0.471. The van der Waals surface area contributed by atoms with Crippen molar-refractivity contribution in [2.24, 2.45) is 0 Å². The van der Waals surface area contributed by atoms with E-state index in [4.69, 9.17) is 4.74 Å². The molecule has 22 heavy (non-hydrogen) atoms. The van der Waals surface area contributed by atoms with Crippen molar-refractivity contribution in [3.63, 3.8) is 0 Å². The number of carbonyl (C=O) groups excluding carboxylic acids is 1. The summed E-state index contributed by atoms with van der Waals surface area (Å²) in [5.41, 5.74) is 1.04. The number of likely N-dealkylation sites (N-methyl/N-ethyl adjacent to an activating group) is 1. The third kappa shape index (κ3) is 2.86. The van der Waals surface area contributed by atoms with Crippen molar-refractivity contribution in [3.8, 4) is 0 Å². The molecular weight excluding hydrogens is 283 g/mol. The first-order valence-corrected chi connectivity index (χ1v) is 7.65. The number of halogens is 1. The Balaban J connectivity index is 1.74. The summed E-state index contributed by atoms with van der Waals surface area (Å²) in [5.74, 6) is -0.261. The van der Waals surface area contributed by atoms with Crippen molar-refractivity contribution in [1.29, 1.82) is 0 Å². The van der Waals surface area contributed by atoms with Crippen molar-refractivity contribution >= 4 is 16.8 Å². The third-order valence-corrected chi connectivity index (χ3v) is 4.31. The van der Waals surface area contributed by atoms with E-state index in [0.717, 1.165) is 35.9 Å². The highest BCUT2D eigenvalue weighted by Crippen LogP contribution is 2.27. The molecule has 5 heteroatoms. The number of fused-ring (bicyclic) bond motifs is 1. The maximum Gasteiger partial charge on any atom is 0.254 e. The largest absolute Gasteiger partial charge is 0.365 e. The molecule has 4 nitrogen and oxygen atoms in total. The van der Waals surface area contributed by atoms with E-state index >= 15 is 0 Å². The van der Waals surface area contributed by atoms with Crippen LogP contribution in [0.25, 0.3) is 10.9 Å². The molecule has 2 aromatic rings. The van der Waals surface area contributed by atoms with Gasteiger partial charge in [0.2, 0.25) is 0 Å². The molecule has 118 valence electrons. The standard InChI is InChI=1S/C17H21FN2O2/c1-17(7-3-4-8-22-17)16(21)20(2)11-14-10-12-9-13(18)5-6-15(12)19-14/h5-6,9-10,19H,3-4,7-8,11H2,1-2H3/t17-/m1/s1. The molecule has 0 saturated carbocycles. The number of benzene rings is 1. The van der Waals surface area contributed by atoms with Crippen molar-refractivity contribution in [2.45, 2.75) is 38.3 Å². The SMILES string of the molecule is CN(Cc1cc2cc(F)ccc2[nH]1)C(=O)[C@@]1(C)CCCCO1. The summed E-state index contributed by atoms with van der Waals surface area (Å²) in [5, 5.41) is 0.816. The van der Waals surface area contributed by atoms with Crippen LogP contribution in [0.2, 0.25) is 0 Å². The normalized spacial score (nSPS) is 22.0. The lowest BCUT2D eigenvalue weighted by molar-refractivity contribution is -0.161. The number of carbonyl (C=O) groups is 1. The maximum atomic E-state index is 13.2. The van der Waals surface area contributed by atoms with Crippen molar-refractivity contribution in [3.05, 3.63) is 35.8 Å². The van der Waals surface area contributed by atoms with Gasteiger partial charge in [-0.2, -0.15) is 0 Å². The lowest BCUT2D eigenvalue weighted by Crippen LogP contribution is -2.48. The van der Waals surface area contributed by atoms with Crippen LogP contribution in [0.15, 0.2) is 24.3 Å². The topological polar surface area (TPSA) is 45.3 Å². The van der Waals surface area contributed by atoms with Gasteiger partial charge in [0.1, 0.15) is 11.4 Å². The van der Waals surface area contributed by atoms with E-state index in [9.17, 15) is 9.18 Å². The van der Waals surface area contributed by atoms with Crippen LogP contribution in [0.4, 0.5) is 4.39 Å². The van der Waals surface area contributed by atoms with Gasteiger partial charge in [0.05, 0.1) is 6.54 Å². The smallest absolute Gasteiger partial charge is 0.254 e. The highest BCUT2D eigenvalue weighted by Gasteiger charge is 2.38. The van der Waals surface area contributed by atoms with Crippen LogP contribution >= 0.6 is 0 Å². The molecule has 0 radical (unpaired) electrons. The molecule has 1 aromatic heterocycles. The minimum absolute atomic E-state index is 0.00274. The second kappa shape index (κ2) is 5.72. The quantitative estimate of drug-likeness (QED) is 0.946. The van der Waals surface area contributed by atoms with Crippen LogP contribution < -0.4 is 0 Å². The van der Waals surface area contributed by atoms with Gasteiger partial charge < -0.3 is 14.6 Å². The van der Waals surface area contributed by atoms with Gasteiger partial charge in [0, 0.05) is 30.3 Å². The van der Waals surface area contributed by atoms with Crippen LogP contribution in [0.3, 0.4) is 0 Å². The number of hydrogen-bond donors (Lipinski definition) is 1. The number of rotatable bonds is 3. The van der Waals surface area contributed by atoms with Gasteiger partial charge in [-0.3, -0.25) is 4.79 Å². The average Bonchev–Trinajstić information content (AvgIpc) is 2.88. The molecule has 1 saturated heterocycles. The molecule has 1 aliphatic heterocycles. The molecule has 1 aliphatic rings. The van der Waals surface area contributed by atoms with Gasteiger partial charge in [-0.1, -0.05) is 0 Å². The summed E-state index contributed by atoms with van der Waals surface area (Å²) in [6.07, 6.45) is 2.79. The highest BCUT2D eigenvalue weighted by atomic mass is 19.1. The zero-order valence-corrected chi connectivity index (χ0v) is 13.0. The van der Waals surface area contributed by atoms with Gasteiger partial charge in [-0.25, -0.2) is 4.39 Å². The number of amides is 1. The molecule has 1 amide bonds. The summed E-state index contributed by atoms with van der Waals surface area (Å²) in [7, 11) is 1.78. The minimum atomic E-state index is -0.717. The van der Waals surface area contributed by atoms with Gasteiger partial charge in [0.25, 0.3) is 5.91 Å². The molecule has 1 N–H and O–H groups in total. The number of aromatic nitrogens is 1. The first kappa shape index (κ1) is 15.0. The van der Waals surface area contributed by atoms with Crippen LogP contribution in [-0.4, -0.2) is 35.0 Å². The summed E-state index contributed by atoms with van der Waals surface area (Å²) in [4.78, 5) is 17.5. The summed E-state index contributed by atoms with van der Waals surface area (Å²) in [6, 6.07) is 6.50. The molecule has 0 unspecified atom stereocenters. The van der Waals surface area contributed by atoms with E-state index in [1.54, 1.807) is 18.0 Å². The summed E-state index contributed by atoms with van der Waals surface area (Å²) >= 11 is 0. The first-order chi connectivity index (χ1) is 10.5. The number of nitrogens with zero attached hydrogens (tertiary/aromatic N) is 1. The molecule has 1 aromatic carbocycles. The highest BCUT2D eigenvalue weighted by molar-refractivity contribution is 5.85. The molecule has 1 atom stereocenters. The Morgan fingerprint density at radius 1 is 1.41 bits per heavy atom. The Hall–Kier alpha value is -1.88. The second-order valence-electron chi connectivity index (χ2n) is 6.22. The number of hydrogen-bond acceptors (Lipinski definition) is 2. The predicted octanol–water partition coefficient (Wildman–Crippen LogP) is 3.22. The zero-order valence-electron chi connectivity index (χ0n) is 13.0. The fourth-order valence-electron chi connectivity index (χ4n) is 3.08. The fourth-order valence-corrected chi connectivity index (χ4v) is 3.08. The summed E-state index contributed by atoms with van der Waals surface area (Å²) < 4.78 is 18.9. The van der Waals surface area contributed by atoms with E-state index in [1.807, 2.05) is 13.0 Å². The molecule has 2 heterocycles. The molecule has 0 aliphatic carbocycles. The monoisotopic (exact) mass is 304 g/mol. The lowest BCUT2D eigenvalue weighted by atomic mass is 9.94. The number of H-pyrrole nitrogens is 1. The Bertz CT molecular complexity index is 689. The van der Waals surface area contributed by atoms with Crippen molar-refractivity contribution in [2.75, 3.05) is 13.7 Å². The molecule has 1 fully saturated rings. The van der Waals surface area contributed by atoms with Gasteiger partial charge in [0.15, 0.2) is 0 Å². The molecule has 0 spiro atoms. The van der Waals surface area contributed by atoms with Crippen LogP contribution in [0, 0.1) is 5.82 Å². The van der Waals surface area contributed by atoms with Crippen LogP contribution in [0.5, 0.6) is 0 Å². The Labute approximate surface area is 129 Å². The third-order valence-electron chi connectivity index (χ3n) is 4.31. The maximum absolute atomic E-state index is 13.2.